The van der Waals surface area contributed by atoms with Crippen LogP contribution < -0.4 is 28.4 Å². The molecule has 0 atom stereocenters. The minimum absolute atomic E-state index is 0.126. The first-order valence-electron chi connectivity index (χ1n) is 11.7. The lowest BCUT2D eigenvalue weighted by Gasteiger charge is -2.31. The fourth-order valence-corrected chi connectivity index (χ4v) is 7.24. The molecule has 6 nitrogen and oxygen atoms in total. The topological polar surface area (TPSA) is 55.4 Å². The highest BCUT2D eigenvalue weighted by Crippen LogP contribution is 2.77. The van der Waals surface area contributed by atoms with Gasteiger partial charge in [-0.25, -0.2) is 0 Å². The summed E-state index contributed by atoms with van der Waals surface area (Å²) in [6, 6.07) is 13.0. The quantitative estimate of drug-likeness (QED) is 0.472. The lowest BCUT2D eigenvalue weighted by molar-refractivity contribution is 0.288. The summed E-state index contributed by atoms with van der Waals surface area (Å²) in [5, 5.41) is 0. The number of rotatable bonds is 6. The van der Waals surface area contributed by atoms with Gasteiger partial charge in [0.1, 0.15) is 0 Å². The maximum Gasteiger partial charge on any atom is 0.161 e. The first-order valence-corrected chi connectivity index (χ1v) is 11.7. The molecule has 182 valence electrons. The number of ether oxygens (including phenoxy) is 6. The van der Waals surface area contributed by atoms with Gasteiger partial charge in [-0.15, -0.1) is 0 Å². The smallest absolute Gasteiger partial charge is 0.161 e. The second kappa shape index (κ2) is 7.48. The van der Waals surface area contributed by atoms with Crippen LogP contribution in [0, 0.1) is 5.41 Å². The fourth-order valence-electron chi connectivity index (χ4n) is 7.24. The molecule has 0 unspecified atom stereocenters. The predicted molar refractivity (Wildman–Crippen MR) is 132 cm³/mol. The van der Waals surface area contributed by atoms with E-state index in [2.05, 4.69) is 43.3 Å². The van der Waals surface area contributed by atoms with E-state index in [9.17, 15) is 0 Å². The Morgan fingerprint density at radius 3 is 0.714 bits per heavy atom. The van der Waals surface area contributed by atoms with Crippen molar-refractivity contribution in [3.8, 4) is 34.5 Å². The molecule has 3 aliphatic rings. The maximum atomic E-state index is 5.72. The second-order valence-electron chi connectivity index (χ2n) is 9.67. The summed E-state index contributed by atoms with van der Waals surface area (Å²) in [5.74, 6) is 4.94. The molecule has 0 N–H and O–H groups in total. The Balaban J connectivity index is 1.72. The van der Waals surface area contributed by atoms with Gasteiger partial charge in [0.15, 0.2) is 34.5 Å². The maximum absolute atomic E-state index is 5.72. The van der Waals surface area contributed by atoms with Gasteiger partial charge in [-0.05, 0) is 69.8 Å². The molecule has 0 spiro atoms. The van der Waals surface area contributed by atoms with Crippen LogP contribution in [0.3, 0.4) is 0 Å². The van der Waals surface area contributed by atoms with Gasteiger partial charge in [-0.3, -0.25) is 0 Å². The number of hydrogen-bond acceptors (Lipinski definition) is 6. The van der Waals surface area contributed by atoms with Crippen LogP contribution in [-0.2, 0) is 0 Å². The van der Waals surface area contributed by atoms with Gasteiger partial charge < -0.3 is 28.4 Å². The molecule has 0 aromatic heterocycles. The number of hydrogen-bond donors (Lipinski definition) is 0. The molecule has 6 rings (SSSR count). The van der Waals surface area contributed by atoms with Crippen molar-refractivity contribution in [1.82, 2.24) is 0 Å². The Morgan fingerprint density at radius 1 is 0.400 bits per heavy atom. The van der Waals surface area contributed by atoms with E-state index in [4.69, 9.17) is 28.4 Å². The molecule has 0 bridgehead atoms. The van der Waals surface area contributed by atoms with Gasteiger partial charge in [0.25, 0.3) is 0 Å². The van der Waals surface area contributed by atoms with E-state index in [-0.39, 0.29) is 23.2 Å². The SMILES string of the molecule is COc1cc2c(cc1OC)C1c3cc(OC)c(OC)cc3C3c4cc(OC)c(OC)cc4C2C13C. The minimum Gasteiger partial charge on any atom is -0.493 e. The van der Waals surface area contributed by atoms with Crippen molar-refractivity contribution in [2.75, 3.05) is 42.7 Å². The molecule has 0 heterocycles. The largest absolute Gasteiger partial charge is 0.493 e. The third kappa shape index (κ3) is 2.54. The lowest BCUT2D eigenvalue weighted by atomic mass is 9.70. The van der Waals surface area contributed by atoms with Crippen molar-refractivity contribution in [2.24, 2.45) is 5.41 Å². The molecule has 3 aliphatic carbocycles. The molecular weight excluding hydrogens is 444 g/mol. The Bertz CT molecular complexity index is 1100. The van der Waals surface area contributed by atoms with Crippen molar-refractivity contribution in [3.63, 3.8) is 0 Å². The summed E-state index contributed by atoms with van der Waals surface area (Å²) in [7, 11) is 10.1. The first kappa shape index (κ1) is 22.0. The summed E-state index contributed by atoms with van der Waals surface area (Å²) in [6.45, 7) is 2.41. The van der Waals surface area contributed by atoms with Gasteiger partial charge in [0, 0.05) is 23.2 Å². The van der Waals surface area contributed by atoms with Crippen LogP contribution in [0.4, 0.5) is 0 Å². The van der Waals surface area contributed by atoms with E-state index in [1.807, 2.05) is 0 Å². The molecule has 3 aromatic rings. The standard InChI is InChI=1S/C29H30O6/c1-29-26-14-8-20(30-2)21(31-3)9-15(14)27(29)18-12-24(34-6)25(35-7)13-19(18)28(29)17-11-23(33-5)22(32-4)10-16(17)26/h8-13,26-28H,1-7H3. The lowest BCUT2D eigenvalue weighted by Crippen LogP contribution is -2.23. The van der Waals surface area contributed by atoms with Gasteiger partial charge in [-0.1, -0.05) is 6.92 Å². The van der Waals surface area contributed by atoms with Crippen LogP contribution in [0.15, 0.2) is 36.4 Å². The molecule has 6 heteroatoms. The molecule has 0 saturated heterocycles. The van der Waals surface area contributed by atoms with Gasteiger partial charge in [0.2, 0.25) is 0 Å². The van der Waals surface area contributed by atoms with Crippen LogP contribution in [0.1, 0.15) is 58.1 Å². The second-order valence-corrected chi connectivity index (χ2v) is 9.67. The molecule has 0 amide bonds. The van der Waals surface area contributed by atoms with Crippen LogP contribution in [0.25, 0.3) is 0 Å². The van der Waals surface area contributed by atoms with Crippen LogP contribution in [0.2, 0.25) is 0 Å². The van der Waals surface area contributed by atoms with Crippen LogP contribution in [-0.4, -0.2) is 42.7 Å². The van der Waals surface area contributed by atoms with E-state index >= 15 is 0 Å². The molecule has 0 aliphatic heterocycles. The van der Waals surface area contributed by atoms with Crippen molar-refractivity contribution >= 4 is 0 Å². The summed E-state index contributed by atoms with van der Waals surface area (Å²) < 4.78 is 34.3. The van der Waals surface area contributed by atoms with Crippen LogP contribution in [0.5, 0.6) is 34.5 Å². The highest BCUT2D eigenvalue weighted by Gasteiger charge is 2.65. The van der Waals surface area contributed by atoms with Crippen molar-refractivity contribution < 1.29 is 28.4 Å². The highest BCUT2D eigenvalue weighted by atomic mass is 16.5. The normalized spacial score (nSPS) is 24.3. The molecule has 0 fully saturated rings. The van der Waals surface area contributed by atoms with Gasteiger partial charge in [0.05, 0.1) is 42.7 Å². The van der Waals surface area contributed by atoms with E-state index in [1.54, 1.807) is 42.7 Å². The van der Waals surface area contributed by atoms with Gasteiger partial charge in [-0.2, -0.15) is 0 Å². The minimum atomic E-state index is -0.126. The van der Waals surface area contributed by atoms with E-state index in [0.29, 0.717) is 0 Å². The summed E-state index contributed by atoms with van der Waals surface area (Å²) in [5.41, 5.74) is 7.49. The Morgan fingerprint density at radius 2 is 0.571 bits per heavy atom. The average Bonchev–Trinajstić information content (AvgIpc) is 3.40. The van der Waals surface area contributed by atoms with Gasteiger partial charge >= 0.3 is 0 Å². The predicted octanol–water partition coefficient (Wildman–Crippen LogP) is 5.48. The Hall–Kier alpha value is -3.54. The van der Waals surface area contributed by atoms with E-state index < -0.39 is 0 Å². The van der Waals surface area contributed by atoms with E-state index in [0.717, 1.165) is 34.5 Å². The van der Waals surface area contributed by atoms with Crippen molar-refractivity contribution in [2.45, 2.75) is 24.7 Å². The number of fused-ring (bicyclic) bond motifs is 9. The zero-order valence-electron chi connectivity index (χ0n) is 21.1. The van der Waals surface area contributed by atoms with E-state index in [1.165, 1.54) is 33.4 Å². The Labute approximate surface area is 205 Å². The zero-order chi connectivity index (χ0) is 24.6. The van der Waals surface area contributed by atoms with Crippen molar-refractivity contribution in [1.29, 1.82) is 0 Å². The van der Waals surface area contributed by atoms with Crippen LogP contribution >= 0.6 is 0 Å². The third-order valence-electron chi connectivity index (χ3n) is 8.50. The average molecular weight is 475 g/mol. The molecule has 0 radical (unpaired) electrons. The summed E-state index contributed by atoms with van der Waals surface area (Å²) in [6.07, 6.45) is 0. The number of methoxy groups -OCH3 is 6. The molecule has 3 aromatic carbocycles. The summed E-state index contributed by atoms with van der Waals surface area (Å²) >= 11 is 0. The Kier molecular flexibility index (Phi) is 4.69. The summed E-state index contributed by atoms with van der Waals surface area (Å²) in [4.78, 5) is 0. The fraction of sp³-hybridized carbons (Fsp3) is 0.379. The third-order valence-corrected chi connectivity index (χ3v) is 8.50. The monoisotopic (exact) mass is 474 g/mol. The molecule has 0 saturated carbocycles. The first-order chi connectivity index (χ1) is 17.0. The number of benzene rings is 3. The molecular formula is C29H30O6. The highest BCUT2D eigenvalue weighted by molar-refractivity contribution is 5.73. The van der Waals surface area contributed by atoms with Crippen molar-refractivity contribution in [3.05, 3.63) is 69.8 Å². The molecule has 35 heavy (non-hydrogen) atoms. The zero-order valence-corrected chi connectivity index (χ0v) is 21.1.